The van der Waals surface area contributed by atoms with Crippen LogP contribution in [0.15, 0.2) is 121 Å². The highest BCUT2D eigenvalue weighted by Gasteiger charge is 2.17. The average molecular weight is 629 g/mol. The summed E-state index contributed by atoms with van der Waals surface area (Å²) >= 11 is 0. The van der Waals surface area contributed by atoms with Crippen molar-refractivity contribution in [3.8, 4) is 22.5 Å². The molecule has 0 unspecified atom stereocenters. The van der Waals surface area contributed by atoms with Gasteiger partial charge >= 0.3 is 0 Å². The third-order valence-corrected chi connectivity index (χ3v) is 9.54. The molecule has 0 fully saturated rings. The SMILES string of the molecule is Cn1c2ccccc2c2cc(CNCCCCNCc3cc4c5ccccc5n(C)c4c(-c4ccccc4)n3)nc(-c3ccccc3)c21. The minimum absolute atomic E-state index is 0.740. The molecule has 0 amide bonds. The monoisotopic (exact) mass is 628 g/mol. The lowest BCUT2D eigenvalue weighted by atomic mass is 10.1. The molecule has 0 bridgehead atoms. The van der Waals surface area contributed by atoms with E-state index in [4.69, 9.17) is 9.97 Å². The Kier molecular flexibility index (Phi) is 8.18. The zero-order chi connectivity index (χ0) is 32.5. The number of hydrogen-bond donors (Lipinski definition) is 2. The van der Waals surface area contributed by atoms with E-state index in [0.717, 1.165) is 72.9 Å². The van der Waals surface area contributed by atoms with Gasteiger partial charge in [-0.1, -0.05) is 97.1 Å². The lowest BCUT2D eigenvalue weighted by Crippen LogP contribution is -2.19. The maximum absolute atomic E-state index is 5.17. The highest BCUT2D eigenvalue weighted by Crippen LogP contribution is 2.36. The van der Waals surface area contributed by atoms with Crippen LogP contribution in [0.1, 0.15) is 24.2 Å². The molecule has 6 nitrogen and oxygen atoms in total. The van der Waals surface area contributed by atoms with E-state index in [2.05, 4.69) is 155 Å². The van der Waals surface area contributed by atoms with Crippen LogP contribution >= 0.6 is 0 Å². The molecule has 0 saturated carbocycles. The second-order valence-corrected chi connectivity index (χ2v) is 12.7. The molecular formula is C42H40N6. The molecule has 0 radical (unpaired) electrons. The number of rotatable bonds is 11. The quantitative estimate of drug-likeness (QED) is 0.141. The molecule has 0 aliphatic carbocycles. The molecule has 8 aromatic rings. The molecule has 0 spiro atoms. The Hall–Kier alpha value is -5.30. The van der Waals surface area contributed by atoms with Crippen molar-refractivity contribution < 1.29 is 0 Å². The Labute approximate surface area is 281 Å². The normalized spacial score (nSPS) is 11.8. The Balaban J connectivity index is 0.920. The highest BCUT2D eigenvalue weighted by atomic mass is 15.0. The van der Waals surface area contributed by atoms with Crippen LogP contribution in [-0.2, 0) is 27.2 Å². The highest BCUT2D eigenvalue weighted by molar-refractivity contribution is 6.13. The molecule has 6 heteroatoms. The van der Waals surface area contributed by atoms with Crippen molar-refractivity contribution in [1.82, 2.24) is 29.7 Å². The van der Waals surface area contributed by atoms with E-state index in [0.29, 0.717) is 0 Å². The molecule has 0 saturated heterocycles. The number of pyridine rings is 2. The number of aryl methyl sites for hydroxylation is 2. The summed E-state index contributed by atoms with van der Waals surface area (Å²) in [6, 6.07) is 42.9. The van der Waals surface area contributed by atoms with Gasteiger partial charge in [0.2, 0.25) is 0 Å². The molecule has 48 heavy (non-hydrogen) atoms. The van der Waals surface area contributed by atoms with Gasteiger partial charge in [-0.3, -0.25) is 0 Å². The number of aromatic nitrogens is 4. The van der Waals surface area contributed by atoms with Crippen LogP contribution in [0.4, 0.5) is 0 Å². The smallest absolute Gasteiger partial charge is 0.0949 e. The van der Waals surface area contributed by atoms with Crippen molar-refractivity contribution in [2.75, 3.05) is 13.1 Å². The van der Waals surface area contributed by atoms with Gasteiger partial charge in [-0.2, -0.15) is 0 Å². The van der Waals surface area contributed by atoms with E-state index >= 15 is 0 Å². The van der Waals surface area contributed by atoms with E-state index < -0.39 is 0 Å². The maximum atomic E-state index is 5.17. The fraction of sp³-hybridized carbons (Fsp3) is 0.190. The van der Waals surface area contributed by atoms with Gasteiger partial charge in [-0.25, -0.2) is 9.97 Å². The number of para-hydroxylation sites is 2. The first kappa shape index (κ1) is 30.1. The molecule has 0 aliphatic heterocycles. The average Bonchev–Trinajstić information content (AvgIpc) is 3.60. The second kappa shape index (κ2) is 13.1. The maximum Gasteiger partial charge on any atom is 0.0949 e. The first-order valence-electron chi connectivity index (χ1n) is 16.9. The number of fused-ring (bicyclic) bond motifs is 6. The molecule has 4 heterocycles. The van der Waals surface area contributed by atoms with Gasteiger partial charge in [0.05, 0.1) is 33.8 Å². The number of nitrogens with one attached hydrogen (secondary N) is 2. The van der Waals surface area contributed by atoms with Crippen LogP contribution in [-0.4, -0.2) is 32.2 Å². The fourth-order valence-electron chi connectivity index (χ4n) is 7.21. The summed E-state index contributed by atoms with van der Waals surface area (Å²) in [5.74, 6) is 0. The predicted molar refractivity (Wildman–Crippen MR) is 200 cm³/mol. The lowest BCUT2D eigenvalue weighted by Gasteiger charge is -2.11. The first-order chi connectivity index (χ1) is 23.7. The summed E-state index contributed by atoms with van der Waals surface area (Å²) in [7, 11) is 4.29. The van der Waals surface area contributed by atoms with Crippen LogP contribution in [0, 0.1) is 0 Å². The van der Waals surface area contributed by atoms with Crippen LogP contribution in [0.2, 0.25) is 0 Å². The first-order valence-corrected chi connectivity index (χ1v) is 16.9. The van der Waals surface area contributed by atoms with E-state index in [1.807, 2.05) is 0 Å². The van der Waals surface area contributed by atoms with Gasteiger partial charge in [-0.05, 0) is 50.2 Å². The topological polar surface area (TPSA) is 59.7 Å². The summed E-state index contributed by atoms with van der Waals surface area (Å²) in [4.78, 5) is 10.3. The van der Waals surface area contributed by atoms with Gasteiger partial charge in [0, 0.05) is 70.9 Å². The Morgan fingerprint density at radius 3 is 1.31 bits per heavy atom. The summed E-state index contributed by atoms with van der Waals surface area (Å²) in [6.07, 6.45) is 2.17. The minimum Gasteiger partial charge on any atom is -0.342 e. The summed E-state index contributed by atoms with van der Waals surface area (Å²) in [6.45, 7) is 3.36. The van der Waals surface area contributed by atoms with Crippen molar-refractivity contribution in [2.45, 2.75) is 25.9 Å². The summed E-state index contributed by atoms with van der Waals surface area (Å²) in [5.41, 5.74) is 11.3. The largest absolute Gasteiger partial charge is 0.342 e. The van der Waals surface area contributed by atoms with Gasteiger partial charge in [0.1, 0.15) is 0 Å². The summed E-state index contributed by atoms with van der Waals surface area (Å²) < 4.78 is 4.56. The molecule has 0 aliphatic rings. The number of benzene rings is 4. The number of unbranched alkanes of at least 4 members (excludes halogenated alkanes) is 1. The van der Waals surface area contributed by atoms with E-state index in [-0.39, 0.29) is 0 Å². The van der Waals surface area contributed by atoms with Crippen molar-refractivity contribution >= 4 is 43.6 Å². The Morgan fingerprint density at radius 2 is 0.875 bits per heavy atom. The molecule has 4 aromatic heterocycles. The Morgan fingerprint density at radius 1 is 0.479 bits per heavy atom. The Bertz CT molecular complexity index is 2200. The third-order valence-electron chi connectivity index (χ3n) is 9.54. The molecule has 8 rings (SSSR count). The standard InChI is InChI=1S/C42H40N6/c1-47-37-21-11-9-19-33(37)35-25-31(45-39(41(35)47)29-15-5-3-6-16-29)27-43-23-13-14-24-44-28-32-26-36-34-20-10-12-22-38(34)48(2)42(36)40(46-32)30-17-7-4-8-18-30/h3-12,15-22,25-26,43-44H,13-14,23-24,27-28H2,1-2H3. The zero-order valence-electron chi connectivity index (χ0n) is 27.6. The van der Waals surface area contributed by atoms with Crippen LogP contribution in [0.25, 0.3) is 66.1 Å². The third kappa shape index (κ3) is 5.53. The molecule has 0 atom stereocenters. The predicted octanol–water partition coefficient (Wildman–Crippen LogP) is 8.76. The van der Waals surface area contributed by atoms with Crippen molar-refractivity contribution in [3.63, 3.8) is 0 Å². The fourth-order valence-corrected chi connectivity index (χ4v) is 7.21. The van der Waals surface area contributed by atoms with Crippen LogP contribution in [0.3, 0.4) is 0 Å². The number of hydrogen-bond acceptors (Lipinski definition) is 4. The molecular weight excluding hydrogens is 589 g/mol. The van der Waals surface area contributed by atoms with Crippen LogP contribution in [0.5, 0.6) is 0 Å². The zero-order valence-corrected chi connectivity index (χ0v) is 27.6. The van der Waals surface area contributed by atoms with Crippen molar-refractivity contribution in [3.05, 3.63) is 133 Å². The van der Waals surface area contributed by atoms with Crippen molar-refractivity contribution in [1.29, 1.82) is 0 Å². The van der Waals surface area contributed by atoms with E-state index in [1.165, 1.54) is 43.6 Å². The van der Waals surface area contributed by atoms with Crippen molar-refractivity contribution in [2.24, 2.45) is 14.1 Å². The summed E-state index contributed by atoms with van der Waals surface area (Å²) in [5, 5.41) is 12.4. The minimum atomic E-state index is 0.740. The van der Waals surface area contributed by atoms with E-state index in [9.17, 15) is 0 Å². The van der Waals surface area contributed by atoms with Gasteiger partial charge in [-0.15, -0.1) is 0 Å². The van der Waals surface area contributed by atoms with Gasteiger partial charge in [0.15, 0.2) is 0 Å². The van der Waals surface area contributed by atoms with Gasteiger partial charge in [0.25, 0.3) is 0 Å². The second-order valence-electron chi connectivity index (χ2n) is 12.7. The molecule has 2 N–H and O–H groups in total. The molecule has 4 aromatic carbocycles. The van der Waals surface area contributed by atoms with Gasteiger partial charge < -0.3 is 19.8 Å². The molecule has 238 valence electrons. The lowest BCUT2D eigenvalue weighted by molar-refractivity contribution is 0.577. The van der Waals surface area contributed by atoms with E-state index in [1.54, 1.807) is 0 Å². The van der Waals surface area contributed by atoms with Crippen LogP contribution < -0.4 is 10.6 Å². The number of nitrogens with zero attached hydrogens (tertiary/aromatic N) is 4.